The molecule has 1 heterocycles. The zero-order valence-electron chi connectivity index (χ0n) is 13.6. The van der Waals surface area contributed by atoms with Crippen LogP contribution in [0, 0.1) is 0 Å². The summed E-state index contributed by atoms with van der Waals surface area (Å²) >= 11 is 12.2. The van der Waals surface area contributed by atoms with Crippen LogP contribution in [0.4, 0.5) is 0 Å². The highest BCUT2D eigenvalue weighted by molar-refractivity contribution is 6.43. The fourth-order valence-corrected chi connectivity index (χ4v) is 3.01. The second kappa shape index (κ2) is 7.72. The van der Waals surface area contributed by atoms with Gasteiger partial charge in [-0.15, -0.1) is 0 Å². The van der Waals surface area contributed by atoms with Crippen LogP contribution in [0.15, 0.2) is 60.9 Å². The van der Waals surface area contributed by atoms with E-state index in [9.17, 15) is 4.79 Å². The van der Waals surface area contributed by atoms with Crippen molar-refractivity contribution in [1.29, 1.82) is 0 Å². The van der Waals surface area contributed by atoms with Crippen molar-refractivity contribution in [3.8, 4) is 0 Å². The number of nitrogens with zero attached hydrogens (tertiary/aromatic N) is 2. The van der Waals surface area contributed by atoms with E-state index in [4.69, 9.17) is 23.2 Å². The molecule has 0 aliphatic heterocycles. The molecule has 25 heavy (non-hydrogen) atoms. The van der Waals surface area contributed by atoms with Crippen LogP contribution >= 0.6 is 23.2 Å². The smallest absolute Gasteiger partial charge is 0.253 e. The minimum atomic E-state index is -0.268. The van der Waals surface area contributed by atoms with Crippen molar-refractivity contribution in [2.75, 3.05) is 0 Å². The molecule has 0 fully saturated rings. The van der Waals surface area contributed by atoms with Crippen LogP contribution in [-0.2, 0) is 13.5 Å². The van der Waals surface area contributed by atoms with Crippen molar-refractivity contribution in [1.82, 2.24) is 14.9 Å². The number of imidazole rings is 1. The average Bonchev–Trinajstić information content (AvgIpc) is 3.02. The van der Waals surface area contributed by atoms with Crippen molar-refractivity contribution < 1.29 is 4.79 Å². The molecule has 1 N–H and O–H groups in total. The molecule has 1 unspecified atom stereocenters. The van der Waals surface area contributed by atoms with Gasteiger partial charge in [0.25, 0.3) is 5.91 Å². The molecule has 1 amide bonds. The predicted molar refractivity (Wildman–Crippen MR) is 100 cm³/mol. The molecule has 3 aromatic rings. The first-order valence-electron chi connectivity index (χ1n) is 7.82. The van der Waals surface area contributed by atoms with E-state index in [2.05, 4.69) is 10.3 Å². The molecule has 2 aromatic carbocycles. The third-order valence-electron chi connectivity index (χ3n) is 4.01. The second-order valence-electron chi connectivity index (χ2n) is 5.70. The lowest BCUT2D eigenvalue weighted by Crippen LogP contribution is -2.30. The van der Waals surface area contributed by atoms with Gasteiger partial charge in [-0.25, -0.2) is 4.98 Å². The number of aryl methyl sites for hydroxylation is 1. The lowest BCUT2D eigenvalue weighted by Gasteiger charge is -2.20. The van der Waals surface area contributed by atoms with Gasteiger partial charge in [-0.3, -0.25) is 4.79 Å². The number of carbonyl (C=O) groups excluding carboxylic acids is 1. The van der Waals surface area contributed by atoms with Crippen molar-refractivity contribution in [3.05, 3.63) is 87.9 Å². The zero-order chi connectivity index (χ0) is 17.8. The lowest BCUT2D eigenvalue weighted by molar-refractivity contribution is 0.0936. The molecule has 1 aromatic heterocycles. The van der Waals surface area contributed by atoms with Gasteiger partial charge in [0.05, 0.1) is 21.7 Å². The highest BCUT2D eigenvalue weighted by Gasteiger charge is 2.20. The van der Waals surface area contributed by atoms with E-state index in [1.807, 2.05) is 48.1 Å². The number of nitrogens with one attached hydrogen (secondary N) is 1. The normalized spacial score (nSPS) is 12.0. The molecule has 0 aliphatic carbocycles. The van der Waals surface area contributed by atoms with Gasteiger partial charge >= 0.3 is 0 Å². The molecular weight excluding hydrogens is 357 g/mol. The number of aromatic nitrogens is 2. The Labute approximate surface area is 156 Å². The minimum absolute atomic E-state index is 0.232. The first-order chi connectivity index (χ1) is 12.1. The third kappa shape index (κ3) is 4.03. The fraction of sp³-hybridized carbons (Fsp3) is 0.158. The van der Waals surface area contributed by atoms with Gasteiger partial charge in [0, 0.05) is 25.9 Å². The van der Waals surface area contributed by atoms with E-state index in [0.717, 1.165) is 11.4 Å². The SMILES string of the molecule is Cn1ccnc1CC(NC(=O)c1cccc(Cl)c1Cl)c1ccccc1. The van der Waals surface area contributed by atoms with Crippen LogP contribution in [0.1, 0.15) is 27.8 Å². The standard InChI is InChI=1S/C19H17Cl2N3O/c1-24-11-10-22-17(24)12-16(13-6-3-2-4-7-13)23-19(25)14-8-5-9-15(20)18(14)21/h2-11,16H,12H2,1H3,(H,23,25). The van der Waals surface area contributed by atoms with E-state index in [1.165, 1.54) is 0 Å². The van der Waals surface area contributed by atoms with Gasteiger partial charge in [-0.1, -0.05) is 59.6 Å². The highest BCUT2D eigenvalue weighted by Crippen LogP contribution is 2.26. The molecule has 3 rings (SSSR count). The molecule has 0 saturated heterocycles. The summed E-state index contributed by atoms with van der Waals surface area (Å²) in [6.45, 7) is 0. The predicted octanol–water partition coefficient (Wildman–Crippen LogP) is 4.44. The Bertz CT molecular complexity index is 877. The Morgan fingerprint density at radius 2 is 1.92 bits per heavy atom. The van der Waals surface area contributed by atoms with Crippen LogP contribution in [0.25, 0.3) is 0 Å². The molecule has 1 atom stereocenters. The molecule has 0 bridgehead atoms. The van der Waals surface area contributed by atoms with Gasteiger partial charge in [-0.2, -0.15) is 0 Å². The number of rotatable bonds is 5. The summed E-state index contributed by atoms with van der Waals surface area (Å²) in [4.78, 5) is 17.1. The largest absolute Gasteiger partial charge is 0.345 e. The number of hydrogen-bond acceptors (Lipinski definition) is 2. The molecular formula is C19H17Cl2N3O. The van der Waals surface area contributed by atoms with Crippen LogP contribution in [-0.4, -0.2) is 15.5 Å². The number of carbonyl (C=O) groups is 1. The van der Waals surface area contributed by atoms with Crippen LogP contribution in [0.2, 0.25) is 10.0 Å². The maximum absolute atomic E-state index is 12.7. The molecule has 0 aliphatic rings. The van der Waals surface area contributed by atoms with Gasteiger partial charge in [-0.05, 0) is 17.7 Å². The number of benzene rings is 2. The van der Waals surface area contributed by atoms with Gasteiger partial charge in [0.2, 0.25) is 0 Å². The summed E-state index contributed by atoms with van der Waals surface area (Å²) in [5.41, 5.74) is 1.35. The van der Waals surface area contributed by atoms with Gasteiger partial charge < -0.3 is 9.88 Å². The Morgan fingerprint density at radius 3 is 2.60 bits per heavy atom. The first-order valence-corrected chi connectivity index (χ1v) is 8.58. The Hall–Kier alpha value is -2.30. The summed E-state index contributed by atoms with van der Waals surface area (Å²) < 4.78 is 1.94. The lowest BCUT2D eigenvalue weighted by atomic mass is 10.0. The van der Waals surface area contributed by atoms with Gasteiger partial charge in [0.1, 0.15) is 5.82 Å². The third-order valence-corrected chi connectivity index (χ3v) is 4.83. The minimum Gasteiger partial charge on any atom is -0.345 e. The van der Waals surface area contributed by atoms with Crippen molar-refractivity contribution in [2.45, 2.75) is 12.5 Å². The van der Waals surface area contributed by atoms with E-state index in [-0.39, 0.29) is 17.0 Å². The molecule has 6 heteroatoms. The van der Waals surface area contributed by atoms with Crippen LogP contribution in [0.3, 0.4) is 0 Å². The summed E-state index contributed by atoms with van der Waals surface area (Å²) in [6, 6.07) is 14.6. The number of hydrogen-bond donors (Lipinski definition) is 1. The quantitative estimate of drug-likeness (QED) is 0.718. The Morgan fingerprint density at radius 1 is 1.16 bits per heavy atom. The molecule has 0 radical (unpaired) electrons. The van der Waals surface area contributed by atoms with E-state index in [1.54, 1.807) is 24.4 Å². The summed E-state index contributed by atoms with van der Waals surface area (Å²) in [6.07, 6.45) is 4.19. The number of halogens is 2. The molecule has 0 spiro atoms. The van der Waals surface area contributed by atoms with Crippen LogP contribution < -0.4 is 5.32 Å². The van der Waals surface area contributed by atoms with Gasteiger partial charge in [0.15, 0.2) is 0 Å². The van der Waals surface area contributed by atoms with E-state index < -0.39 is 0 Å². The Kier molecular flexibility index (Phi) is 5.41. The molecule has 4 nitrogen and oxygen atoms in total. The van der Waals surface area contributed by atoms with Crippen LogP contribution in [0.5, 0.6) is 0 Å². The topological polar surface area (TPSA) is 46.9 Å². The monoisotopic (exact) mass is 373 g/mol. The molecule has 0 saturated carbocycles. The number of amides is 1. The first kappa shape index (κ1) is 17.5. The van der Waals surface area contributed by atoms with Crippen molar-refractivity contribution in [3.63, 3.8) is 0 Å². The molecule has 128 valence electrons. The van der Waals surface area contributed by atoms with E-state index >= 15 is 0 Å². The zero-order valence-corrected chi connectivity index (χ0v) is 15.1. The highest BCUT2D eigenvalue weighted by atomic mass is 35.5. The van der Waals surface area contributed by atoms with Crippen molar-refractivity contribution in [2.24, 2.45) is 7.05 Å². The maximum atomic E-state index is 12.7. The summed E-state index contributed by atoms with van der Waals surface area (Å²) in [5.74, 6) is 0.613. The summed E-state index contributed by atoms with van der Waals surface area (Å²) in [7, 11) is 1.93. The fourth-order valence-electron chi connectivity index (χ4n) is 2.63. The average molecular weight is 374 g/mol. The summed E-state index contributed by atoms with van der Waals surface area (Å²) in [5, 5.41) is 3.66. The van der Waals surface area contributed by atoms with E-state index in [0.29, 0.717) is 17.0 Å². The second-order valence-corrected chi connectivity index (χ2v) is 6.48. The Balaban J connectivity index is 1.88. The van der Waals surface area contributed by atoms with Crippen molar-refractivity contribution >= 4 is 29.1 Å². The maximum Gasteiger partial charge on any atom is 0.253 e.